The van der Waals surface area contributed by atoms with Crippen molar-refractivity contribution in [2.75, 3.05) is 29.4 Å². The predicted molar refractivity (Wildman–Crippen MR) is 272 cm³/mol. The molecule has 346 valence electrons. The summed E-state index contributed by atoms with van der Waals surface area (Å²) in [4.78, 5) is 38.2. The topological polar surface area (TPSA) is 98.0 Å². The van der Waals surface area contributed by atoms with Crippen LogP contribution in [0.25, 0.3) is 0 Å². The number of carbonyl (C=O) groups is 2. The van der Waals surface area contributed by atoms with Gasteiger partial charge in [-0.1, -0.05) is 139 Å². The highest BCUT2D eigenvalue weighted by molar-refractivity contribution is 6.11. The fraction of sp³-hybridized carbons (Fsp3) is 0.288. The van der Waals surface area contributed by atoms with E-state index in [9.17, 15) is 5.11 Å². The Balaban J connectivity index is 1.58. The molecular formula is C59H66N4O4. The third-order valence-electron chi connectivity index (χ3n) is 13.4. The number of furan rings is 1. The van der Waals surface area contributed by atoms with Gasteiger partial charge in [-0.15, -0.1) is 0 Å². The number of aliphatic hydroxyl groups excluding tert-OH is 1. The van der Waals surface area contributed by atoms with Crippen molar-refractivity contribution < 1.29 is 19.1 Å². The first-order chi connectivity index (χ1) is 32.4. The van der Waals surface area contributed by atoms with Crippen LogP contribution < -0.4 is 20.4 Å². The molecule has 1 aromatic heterocycles. The quantitative estimate of drug-likeness (QED) is 0.0705. The van der Waals surface area contributed by atoms with Crippen molar-refractivity contribution in [2.45, 2.75) is 91.5 Å². The summed E-state index contributed by atoms with van der Waals surface area (Å²) in [5.41, 5.74) is 7.35. The Morgan fingerprint density at radius 1 is 0.552 bits per heavy atom. The van der Waals surface area contributed by atoms with E-state index in [0.29, 0.717) is 60.6 Å². The fourth-order valence-corrected chi connectivity index (χ4v) is 8.92. The van der Waals surface area contributed by atoms with Gasteiger partial charge in [0.2, 0.25) is 0 Å². The number of benzene rings is 6. The molecule has 0 aliphatic heterocycles. The molecule has 0 aliphatic carbocycles. The lowest BCUT2D eigenvalue weighted by atomic mass is 9.65. The van der Waals surface area contributed by atoms with Crippen LogP contribution in [0.15, 0.2) is 168 Å². The van der Waals surface area contributed by atoms with Gasteiger partial charge in [0.25, 0.3) is 11.8 Å². The molecule has 0 bridgehead atoms. The summed E-state index contributed by atoms with van der Waals surface area (Å²) < 4.78 is 6.02. The average molecular weight is 895 g/mol. The first-order valence-corrected chi connectivity index (χ1v) is 23.6. The number of hydrogen-bond acceptors (Lipinski definition) is 6. The summed E-state index contributed by atoms with van der Waals surface area (Å²) in [6, 6.07) is 51.9. The Labute approximate surface area is 397 Å². The zero-order valence-electron chi connectivity index (χ0n) is 40.2. The van der Waals surface area contributed by atoms with E-state index in [1.54, 1.807) is 6.26 Å². The summed E-state index contributed by atoms with van der Waals surface area (Å²) in [6.45, 7) is 15.0. The highest BCUT2D eigenvalue weighted by Gasteiger charge is 2.65. The summed E-state index contributed by atoms with van der Waals surface area (Å²) >= 11 is 0. The second kappa shape index (κ2) is 21.8. The van der Waals surface area contributed by atoms with Crippen molar-refractivity contribution in [3.05, 3.63) is 225 Å². The van der Waals surface area contributed by atoms with Gasteiger partial charge in [-0.25, -0.2) is 0 Å². The van der Waals surface area contributed by atoms with E-state index in [0.717, 1.165) is 44.5 Å². The molecule has 67 heavy (non-hydrogen) atoms. The molecule has 8 nitrogen and oxygen atoms in total. The Bertz CT molecular complexity index is 2700. The van der Waals surface area contributed by atoms with Crippen LogP contribution in [0.1, 0.15) is 74.7 Å². The second-order valence-corrected chi connectivity index (χ2v) is 18.0. The first kappa shape index (κ1) is 48.4. The standard InChI is InChI=1S/C59H66N4O4/c1-8-54(64)40-60-58(50-16-11-9-12-17-50,56(65)62(52-31-25-44(4)46(6)38-52)35-33-48-27-21-42(2)22-28-48)59(51-18-13-10-14-19-51,61-41-55-20-15-37-67-55)57(66)63(53-32-26-45(5)47(7)39-53)36-34-49-29-23-43(3)24-30-49/h9-32,37-39,54,60-61,64H,8,33-36,40-41H2,1-7H3. The van der Waals surface area contributed by atoms with E-state index in [4.69, 9.17) is 4.42 Å². The number of nitrogens with one attached hydrogen (secondary N) is 2. The number of anilines is 2. The maximum atomic E-state index is 17.3. The summed E-state index contributed by atoms with van der Waals surface area (Å²) in [7, 11) is 0. The van der Waals surface area contributed by atoms with E-state index in [2.05, 4.69) is 119 Å². The van der Waals surface area contributed by atoms with Gasteiger partial charge >= 0.3 is 0 Å². The van der Waals surface area contributed by atoms with Crippen LogP contribution in [0.4, 0.5) is 11.4 Å². The largest absolute Gasteiger partial charge is 0.468 e. The van der Waals surface area contributed by atoms with Crippen molar-refractivity contribution in [2.24, 2.45) is 0 Å². The molecule has 3 unspecified atom stereocenters. The molecule has 7 rings (SSSR count). The van der Waals surface area contributed by atoms with Crippen LogP contribution in [0, 0.1) is 41.5 Å². The normalized spacial score (nSPS) is 13.6. The van der Waals surface area contributed by atoms with Gasteiger partial charge < -0.3 is 19.3 Å². The van der Waals surface area contributed by atoms with E-state index in [1.165, 1.54) is 0 Å². The van der Waals surface area contributed by atoms with Crippen LogP contribution in [0.5, 0.6) is 0 Å². The molecule has 2 amide bonds. The molecule has 0 radical (unpaired) electrons. The number of carbonyl (C=O) groups excluding carboxylic acids is 2. The average Bonchev–Trinajstić information content (AvgIpc) is 3.88. The molecule has 7 aromatic rings. The van der Waals surface area contributed by atoms with Crippen molar-refractivity contribution >= 4 is 23.2 Å². The molecule has 0 spiro atoms. The summed E-state index contributed by atoms with van der Waals surface area (Å²) in [5.74, 6) is -0.131. The molecule has 3 N–H and O–H groups in total. The predicted octanol–water partition coefficient (Wildman–Crippen LogP) is 10.9. The highest BCUT2D eigenvalue weighted by Crippen LogP contribution is 2.46. The number of aryl methyl sites for hydroxylation is 6. The summed E-state index contributed by atoms with van der Waals surface area (Å²) in [6.07, 6.45) is 2.26. The van der Waals surface area contributed by atoms with Crippen molar-refractivity contribution in [1.82, 2.24) is 10.6 Å². The Hall–Kier alpha value is -6.58. The van der Waals surface area contributed by atoms with Crippen LogP contribution in [-0.4, -0.2) is 42.7 Å². The monoisotopic (exact) mass is 895 g/mol. The van der Waals surface area contributed by atoms with E-state index in [1.807, 2.05) is 108 Å². The highest BCUT2D eigenvalue weighted by atomic mass is 16.3. The molecular weight excluding hydrogens is 829 g/mol. The zero-order chi connectivity index (χ0) is 47.6. The summed E-state index contributed by atoms with van der Waals surface area (Å²) in [5, 5.41) is 19.2. The number of nitrogens with zero attached hydrogens (tertiary/aromatic N) is 2. The molecule has 0 saturated heterocycles. The minimum Gasteiger partial charge on any atom is -0.468 e. The second-order valence-electron chi connectivity index (χ2n) is 18.0. The van der Waals surface area contributed by atoms with Crippen molar-refractivity contribution in [3.63, 3.8) is 0 Å². The van der Waals surface area contributed by atoms with Crippen LogP contribution in [0.2, 0.25) is 0 Å². The van der Waals surface area contributed by atoms with Gasteiger partial charge in [0.15, 0.2) is 11.1 Å². The van der Waals surface area contributed by atoms with Crippen LogP contribution in [0.3, 0.4) is 0 Å². The number of hydrogen-bond donors (Lipinski definition) is 3. The molecule has 6 aromatic carbocycles. The zero-order valence-corrected chi connectivity index (χ0v) is 40.2. The van der Waals surface area contributed by atoms with Crippen LogP contribution >= 0.6 is 0 Å². The van der Waals surface area contributed by atoms with E-state index >= 15 is 9.59 Å². The van der Waals surface area contributed by atoms with Crippen molar-refractivity contribution in [1.29, 1.82) is 0 Å². The smallest absolute Gasteiger partial charge is 0.254 e. The van der Waals surface area contributed by atoms with Gasteiger partial charge in [0, 0.05) is 31.0 Å². The third-order valence-corrected chi connectivity index (χ3v) is 13.4. The first-order valence-electron chi connectivity index (χ1n) is 23.6. The third kappa shape index (κ3) is 10.7. The fourth-order valence-electron chi connectivity index (χ4n) is 8.92. The van der Waals surface area contributed by atoms with E-state index < -0.39 is 17.2 Å². The number of amides is 2. The van der Waals surface area contributed by atoms with Gasteiger partial charge in [-0.3, -0.25) is 20.2 Å². The number of aliphatic hydroxyl groups is 1. The van der Waals surface area contributed by atoms with E-state index in [-0.39, 0.29) is 24.9 Å². The van der Waals surface area contributed by atoms with Crippen LogP contribution in [-0.2, 0) is 40.1 Å². The maximum absolute atomic E-state index is 17.3. The molecule has 1 heterocycles. The molecule has 0 saturated carbocycles. The minimum absolute atomic E-state index is 0.00678. The lowest BCUT2D eigenvalue weighted by molar-refractivity contribution is -0.141. The van der Waals surface area contributed by atoms with Crippen molar-refractivity contribution in [3.8, 4) is 0 Å². The van der Waals surface area contributed by atoms with Gasteiger partial charge in [-0.2, -0.15) is 0 Å². The Morgan fingerprint density at radius 2 is 1.00 bits per heavy atom. The molecule has 3 atom stereocenters. The van der Waals surface area contributed by atoms with Gasteiger partial charge in [-0.05, 0) is 142 Å². The maximum Gasteiger partial charge on any atom is 0.254 e. The molecule has 0 aliphatic rings. The Kier molecular flexibility index (Phi) is 15.7. The Morgan fingerprint density at radius 3 is 1.40 bits per heavy atom. The lowest BCUT2D eigenvalue weighted by Gasteiger charge is -2.53. The lowest BCUT2D eigenvalue weighted by Crippen LogP contribution is -2.76. The number of rotatable bonds is 20. The molecule has 8 heteroatoms. The SMILES string of the molecule is CCC(O)CNC(C(=O)N(CCc1ccc(C)cc1)c1ccc(C)c(C)c1)(c1ccccc1)C(NCc1ccco1)(C(=O)N(CCc1ccc(C)cc1)c1ccc(C)c(C)c1)c1ccccc1. The minimum atomic E-state index is -1.94. The molecule has 0 fully saturated rings. The van der Waals surface area contributed by atoms with Gasteiger partial charge in [0.05, 0.1) is 18.9 Å². The van der Waals surface area contributed by atoms with Gasteiger partial charge in [0.1, 0.15) is 5.76 Å².